The van der Waals surface area contributed by atoms with E-state index in [-0.39, 0.29) is 40.0 Å². The molecule has 1 aromatic rings. The number of aromatic carboxylic acids is 1. The summed E-state index contributed by atoms with van der Waals surface area (Å²) in [5, 5.41) is 13.9. The predicted octanol–water partition coefficient (Wildman–Crippen LogP) is 5.44. The van der Waals surface area contributed by atoms with E-state index in [1.165, 1.54) is 0 Å². The monoisotopic (exact) mass is 460 g/mol. The van der Waals surface area contributed by atoms with Gasteiger partial charge in [-0.15, -0.1) is 0 Å². The fraction of sp³-hybridized carbons (Fsp3) is 0.815. The van der Waals surface area contributed by atoms with Crippen molar-refractivity contribution < 1.29 is 9.90 Å². The predicted molar refractivity (Wildman–Crippen MR) is 135 cm³/mol. The Balaban J connectivity index is 2.21. The van der Waals surface area contributed by atoms with Gasteiger partial charge in [-0.25, -0.2) is 4.79 Å². The first-order valence-electron chi connectivity index (χ1n) is 12.8. The molecule has 0 aromatic carbocycles. The highest BCUT2D eigenvalue weighted by molar-refractivity contribution is 5.87. The van der Waals surface area contributed by atoms with Gasteiger partial charge in [-0.1, -0.05) is 54.9 Å². The van der Waals surface area contributed by atoms with Crippen LogP contribution in [0, 0.1) is 22.2 Å². The van der Waals surface area contributed by atoms with Gasteiger partial charge in [0.2, 0.25) is 0 Å². The van der Waals surface area contributed by atoms with E-state index in [2.05, 4.69) is 77.2 Å². The Bertz CT molecular complexity index is 875. The van der Waals surface area contributed by atoms with Crippen LogP contribution in [0.4, 0.5) is 0 Å². The molecule has 2 aliphatic heterocycles. The first-order valence-corrected chi connectivity index (χ1v) is 12.8. The topological polar surface area (TPSA) is 83.5 Å². The average molecular weight is 461 g/mol. The van der Waals surface area contributed by atoms with Gasteiger partial charge < -0.3 is 15.4 Å². The molecule has 3 heterocycles. The quantitative estimate of drug-likeness (QED) is 0.545. The van der Waals surface area contributed by atoms with Crippen LogP contribution in [0.2, 0.25) is 0 Å². The summed E-state index contributed by atoms with van der Waals surface area (Å²) in [6.45, 7) is 19.3. The molecule has 0 radical (unpaired) electrons. The first kappa shape index (κ1) is 26.2. The summed E-state index contributed by atoms with van der Waals surface area (Å²) in [6.07, 6.45) is 7.00. The van der Waals surface area contributed by atoms with Crippen LogP contribution in [-0.2, 0) is 6.54 Å². The number of aromatic nitrogens is 1. The zero-order valence-corrected chi connectivity index (χ0v) is 22.5. The molecule has 0 spiro atoms. The second-order valence-electron chi connectivity index (χ2n) is 12.9. The normalized spacial score (nSPS) is 33.7. The molecule has 0 aliphatic carbocycles. The smallest absolute Gasteiger partial charge is 0.337 e. The van der Waals surface area contributed by atoms with Crippen molar-refractivity contribution in [3.8, 4) is 0 Å². The fourth-order valence-electron chi connectivity index (χ4n) is 7.31. The molecular formula is C27H48N4O2. The summed E-state index contributed by atoms with van der Waals surface area (Å²) in [4.78, 5) is 14.3. The highest BCUT2D eigenvalue weighted by Gasteiger charge is 2.55. The van der Waals surface area contributed by atoms with Gasteiger partial charge in [-0.2, -0.15) is 0 Å². The maximum Gasteiger partial charge on any atom is 0.337 e. The Kier molecular flexibility index (Phi) is 6.91. The number of hydrogen-bond donors (Lipinski definition) is 3. The SMILES string of the molecule is CCCC(C)(CC)C1(C)NC2c3cc(C(=O)O)cn3CC(C)(C)CC(C)(C)CC2C(N)N1C. The third-order valence-corrected chi connectivity index (χ3v) is 9.05. The number of rotatable bonds is 5. The summed E-state index contributed by atoms with van der Waals surface area (Å²) in [7, 11) is 2.17. The molecular weight excluding hydrogens is 412 g/mol. The van der Waals surface area contributed by atoms with Gasteiger partial charge in [0.05, 0.1) is 23.4 Å². The Labute approximate surface area is 201 Å². The Morgan fingerprint density at radius 2 is 1.88 bits per heavy atom. The molecule has 1 fully saturated rings. The standard InChI is InChI=1S/C27H48N4O2/c1-10-12-26(7,11-2)27(8)29-21-19(22(28)30(27)9)14-24(3,4)16-25(5,6)17-31-15-18(23(32)33)13-20(21)31/h13,15,19,21-22,29H,10-12,14,16-17,28H2,1-9H3,(H,32,33). The maximum absolute atomic E-state index is 12.0. The minimum Gasteiger partial charge on any atom is -0.478 e. The van der Waals surface area contributed by atoms with E-state index in [1.807, 2.05) is 12.3 Å². The summed E-state index contributed by atoms with van der Waals surface area (Å²) in [5.41, 5.74) is 8.40. The largest absolute Gasteiger partial charge is 0.478 e. The minimum absolute atomic E-state index is 0.00907. The van der Waals surface area contributed by atoms with Crippen LogP contribution in [0.1, 0.15) is 110 Å². The number of nitrogens with one attached hydrogen (secondary N) is 1. The van der Waals surface area contributed by atoms with Crippen molar-refractivity contribution in [3.05, 3.63) is 23.5 Å². The van der Waals surface area contributed by atoms with Gasteiger partial charge in [0.1, 0.15) is 0 Å². The lowest BCUT2D eigenvalue weighted by molar-refractivity contribution is -0.124. The number of nitrogens with zero attached hydrogens (tertiary/aromatic N) is 2. The van der Waals surface area contributed by atoms with Gasteiger partial charge in [-0.3, -0.25) is 10.2 Å². The molecule has 2 aliphatic rings. The lowest BCUT2D eigenvalue weighted by atomic mass is 9.66. The number of carboxylic acid groups (broad SMARTS) is 1. The molecule has 6 nitrogen and oxygen atoms in total. The van der Waals surface area contributed by atoms with E-state index in [1.54, 1.807) is 0 Å². The zero-order valence-electron chi connectivity index (χ0n) is 22.5. The van der Waals surface area contributed by atoms with Crippen LogP contribution < -0.4 is 11.1 Å². The van der Waals surface area contributed by atoms with E-state index in [4.69, 9.17) is 5.73 Å². The van der Waals surface area contributed by atoms with Crippen molar-refractivity contribution in [1.29, 1.82) is 0 Å². The molecule has 0 bridgehead atoms. The third kappa shape index (κ3) is 4.63. The minimum atomic E-state index is -0.869. The molecule has 0 saturated carbocycles. The molecule has 1 aromatic heterocycles. The summed E-state index contributed by atoms with van der Waals surface area (Å²) < 4.78 is 2.21. The average Bonchev–Trinajstić information content (AvgIpc) is 3.10. The maximum atomic E-state index is 12.0. The van der Waals surface area contributed by atoms with Crippen LogP contribution in [0.5, 0.6) is 0 Å². The Morgan fingerprint density at radius 3 is 2.42 bits per heavy atom. The molecule has 0 amide bonds. The first-order chi connectivity index (χ1) is 15.1. The Hall–Kier alpha value is -1.37. The molecule has 5 atom stereocenters. The van der Waals surface area contributed by atoms with E-state index in [0.29, 0.717) is 5.56 Å². The number of fused-ring (bicyclic) bond motifs is 3. The van der Waals surface area contributed by atoms with Crippen LogP contribution in [-0.4, -0.2) is 39.4 Å². The van der Waals surface area contributed by atoms with Gasteiger partial charge in [0.15, 0.2) is 0 Å². The van der Waals surface area contributed by atoms with Crippen LogP contribution in [0.3, 0.4) is 0 Å². The molecule has 5 unspecified atom stereocenters. The van der Waals surface area contributed by atoms with E-state index < -0.39 is 5.97 Å². The number of carboxylic acids is 1. The van der Waals surface area contributed by atoms with Crippen molar-refractivity contribution in [2.45, 2.75) is 112 Å². The molecule has 33 heavy (non-hydrogen) atoms. The van der Waals surface area contributed by atoms with Crippen molar-refractivity contribution >= 4 is 5.97 Å². The van der Waals surface area contributed by atoms with Gasteiger partial charge in [-0.05, 0) is 62.0 Å². The molecule has 6 heteroatoms. The molecule has 188 valence electrons. The molecule has 3 rings (SSSR count). The van der Waals surface area contributed by atoms with E-state index >= 15 is 0 Å². The van der Waals surface area contributed by atoms with Crippen molar-refractivity contribution in [2.24, 2.45) is 27.9 Å². The lowest BCUT2D eigenvalue weighted by Crippen LogP contribution is -2.75. The van der Waals surface area contributed by atoms with Crippen molar-refractivity contribution in [2.75, 3.05) is 7.05 Å². The molecule has 1 saturated heterocycles. The lowest BCUT2D eigenvalue weighted by Gasteiger charge is -2.61. The summed E-state index contributed by atoms with van der Waals surface area (Å²) in [5.74, 6) is -0.698. The van der Waals surface area contributed by atoms with Gasteiger partial charge >= 0.3 is 5.97 Å². The highest BCUT2D eigenvalue weighted by atomic mass is 16.4. The fourth-order valence-corrected chi connectivity index (χ4v) is 7.31. The van der Waals surface area contributed by atoms with E-state index in [0.717, 1.165) is 44.3 Å². The van der Waals surface area contributed by atoms with Crippen LogP contribution >= 0.6 is 0 Å². The van der Waals surface area contributed by atoms with Gasteiger partial charge in [0.25, 0.3) is 0 Å². The highest BCUT2D eigenvalue weighted by Crippen LogP contribution is 2.51. The van der Waals surface area contributed by atoms with Crippen molar-refractivity contribution in [1.82, 2.24) is 14.8 Å². The van der Waals surface area contributed by atoms with Crippen LogP contribution in [0.25, 0.3) is 0 Å². The second-order valence-corrected chi connectivity index (χ2v) is 12.9. The zero-order chi connectivity index (χ0) is 25.0. The van der Waals surface area contributed by atoms with Crippen molar-refractivity contribution in [3.63, 3.8) is 0 Å². The second kappa shape index (κ2) is 8.69. The number of nitrogens with two attached hydrogens (primary N) is 1. The summed E-state index contributed by atoms with van der Waals surface area (Å²) >= 11 is 0. The van der Waals surface area contributed by atoms with E-state index in [9.17, 15) is 9.90 Å². The Morgan fingerprint density at radius 1 is 1.24 bits per heavy atom. The number of carbonyl (C=O) groups is 1. The third-order valence-electron chi connectivity index (χ3n) is 9.05. The van der Waals surface area contributed by atoms with Crippen LogP contribution in [0.15, 0.2) is 12.3 Å². The van der Waals surface area contributed by atoms with Gasteiger partial charge in [0, 0.05) is 24.4 Å². The number of hydrogen-bond acceptors (Lipinski definition) is 4. The summed E-state index contributed by atoms with van der Waals surface area (Å²) in [6, 6.07) is 1.88. The molecule has 4 N–H and O–H groups in total.